The van der Waals surface area contributed by atoms with Gasteiger partial charge in [-0.05, 0) is 25.3 Å². The van der Waals surface area contributed by atoms with Gasteiger partial charge in [0.15, 0.2) is 0 Å². The van der Waals surface area contributed by atoms with Crippen molar-refractivity contribution in [2.75, 3.05) is 13.1 Å². The van der Waals surface area contributed by atoms with E-state index in [1.807, 2.05) is 0 Å². The van der Waals surface area contributed by atoms with Crippen LogP contribution in [0.1, 0.15) is 52.4 Å². The van der Waals surface area contributed by atoms with Crippen LogP contribution in [-0.2, 0) is 4.79 Å². The third-order valence-electron chi connectivity index (χ3n) is 3.44. The number of hydrogen-bond donors (Lipinski definition) is 2. The molecule has 0 aliphatic heterocycles. The summed E-state index contributed by atoms with van der Waals surface area (Å²) in [5.74, 6) is 0.918. The Hall–Kier alpha value is -0.570. The minimum Gasteiger partial charge on any atom is -0.353 e. The Morgan fingerprint density at radius 3 is 2.69 bits per heavy atom. The first-order valence-electron chi connectivity index (χ1n) is 6.72. The topological polar surface area (TPSA) is 41.1 Å². The molecule has 0 spiro atoms. The lowest BCUT2D eigenvalue weighted by Crippen LogP contribution is -2.35. The Morgan fingerprint density at radius 2 is 2.06 bits per heavy atom. The molecular formula is C13H26N2O. The van der Waals surface area contributed by atoms with E-state index < -0.39 is 0 Å². The second kappa shape index (κ2) is 7.66. The molecule has 0 saturated heterocycles. The van der Waals surface area contributed by atoms with Crippen molar-refractivity contribution in [3.8, 4) is 0 Å². The van der Waals surface area contributed by atoms with Crippen LogP contribution in [0, 0.1) is 5.92 Å². The molecule has 1 rings (SSSR count). The highest BCUT2D eigenvalue weighted by Gasteiger charge is 2.16. The molecule has 0 aromatic carbocycles. The van der Waals surface area contributed by atoms with E-state index in [0.29, 0.717) is 18.4 Å². The van der Waals surface area contributed by atoms with Crippen LogP contribution >= 0.6 is 0 Å². The third-order valence-corrected chi connectivity index (χ3v) is 3.44. The quantitative estimate of drug-likeness (QED) is 0.653. The molecule has 3 nitrogen and oxygen atoms in total. The molecule has 2 N–H and O–H groups in total. The van der Waals surface area contributed by atoms with Gasteiger partial charge in [-0.2, -0.15) is 0 Å². The van der Waals surface area contributed by atoms with Crippen LogP contribution in [0.4, 0.5) is 0 Å². The standard InChI is InChI=1S/C13H26N2O/c1-3-11(2)10-14-9-8-13(16)15-12-6-4-5-7-12/h11-12,14H,3-10H2,1-2H3,(H,15,16). The highest BCUT2D eigenvalue weighted by atomic mass is 16.1. The SMILES string of the molecule is CCC(C)CNCCC(=O)NC1CCCC1. The predicted molar refractivity (Wildman–Crippen MR) is 67.3 cm³/mol. The Kier molecular flexibility index (Phi) is 6.46. The lowest BCUT2D eigenvalue weighted by atomic mass is 10.1. The van der Waals surface area contributed by atoms with E-state index in [1.54, 1.807) is 0 Å². The van der Waals surface area contributed by atoms with Crippen molar-refractivity contribution in [2.45, 2.75) is 58.4 Å². The number of amides is 1. The second-order valence-electron chi connectivity index (χ2n) is 5.02. The highest BCUT2D eigenvalue weighted by molar-refractivity contribution is 5.76. The third kappa shape index (κ3) is 5.50. The average molecular weight is 226 g/mol. The highest BCUT2D eigenvalue weighted by Crippen LogP contribution is 2.17. The molecule has 1 aliphatic rings. The average Bonchev–Trinajstić information content (AvgIpc) is 2.76. The van der Waals surface area contributed by atoms with Crippen molar-refractivity contribution in [2.24, 2.45) is 5.92 Å². The summed E-state index contributed by atoms with van der Waals surface area (Å²) in [6, 6.07) is 0.460. The summed E-state index contributed by atoms with van der Waals surface area (Å²) in [5.41, 5.74) is 0. The van der Waals surface area contributed by atoms with Crippen LogP contribution in [0.3, 0.4) is 0 Å². The first-order valence-corrected chi connectivity index (χ1v) is 6.72. The van der Waals surface area contributed by atoms with Crippen molar-refractivity contribution < 1.29 is 4.79 Å². The van der Waals surface area contributed by atoms with Crippen LogP contribution in [0.5, 0.6) is 0 Å². The second-order valence-corrected chi connectivity index (χ2v) is 5.02. The summed E-state index contributed by atoms with van der Waals surface area (Å²) in [6.07, 6.45) is 6.71. The van der Waals surface area contributed by atoms with Crippen LogP contribution in [0.15, 0.2) is 0 Å². The molecule has 1 aliphatic carbocycles. The Bertz CT molecular complexity index is 200. The van der Waals surface area contributed by atoms with Crippen molar-refractivity contribution in [3.05, 3.63) is 0 Å². The molecule has 1 fully saturated rings. The van der Waals surface area contributed by atoms with Gasteiger partial charge in [-0.15, -0.1) is 0 Å². The summed E-state index contributed by atoms with van der Waals surface area (Å²) in [4.78, 5) is 11.6. The molecule has 1 saturated carbocycles. The molecule has 0 aromatic heterocycles. The number of rotatable bonds is 7. The molecule has 0 heterocycles. The lowest BCUT2D eigenvalue weighted by molar-refractivity contribution is -0.121. The minimum absolute atomic E-state index is 0.212. The number of nitrogens with one attached hydrogen (secondary N) is 2. The first-order chi connectivity index (χ1) is 7.72. The fraction of sp³-hybridized carbons (Fsp3) is 0.923. The normalized spacial score (nSPS) is 18.6. The van der Waals surface area contributed by atoms with Gasteiger partial charge in [-0.1, -0.05) is 33.1 Å². The Balaban J connectivity index is 1.97. The number of hydrogen-bond acceptors (Lipinski definition) is 2. The van der Waals surface area contributed by atoms with Crippen LogP contribution in [0.2, 0.25) is 0 Å². The van der Waals surface area contributed by atoms with E-state index in [-0.39, 0.29) is 5.91 Å². The fourth-order valence-electron chi connectivity index (χ4n) is 2.06. The van der Waals surface area contributed by atoms with Gasteiger partial charge in [0.05, 0.1) is 0 Å². The molecule has 0 aromatic rings. The van der Waals surface area contributed by atoms with Gasteiger partial charge in [0.2, 0.25) is 5.91 Å². The maximum absolute atomic E-state index is 11.6. The number of carbonyl (C=O) groups excluding carboxylic acids is 1. The molecule has 1 atom stereocenters. The van der Waals surface area contributed by atoms with E-state index >= 15 is 0 Å². The monoisotopic (exact) mass is 226 g/mol. The van der Waals surface area contributed by atoms with Crippen molar-refractivity contribution in [1.82, 2.24) is 10.6 Å². The van der Waals surface area contributed by atoms with E-state index in [1.165, 1.54) is 32.1 Å². The van der Waals surface area contributed by atoms with Gasteiger partial charge in [-0.25, -0.2) is 0 Å². The largest absolute Gasteiger partial charge is 0.353 e. The van der Waals surface area contributed by atoms with Gasteiger partial charge in [0.1, 0.15) is 0 Å². The molecule has 16 heavy (non-hydrogen) atoms. The fourth-order valence-corrected chi connectivity index (χ4v) is 2.06. The molecule has 0 bridgehead atoms. The Morgan fingerprint density at radius 1 is 1.38 bits per heavy atom. The van der Waals surface area contributed by atoms with E-state index in [9.17, 15) is 4.79 Å². The molecule has 0 radical (unpaired) electrons. The zero-order chi connectivity index (χ0) is 11.8. The summed E-state index contributed by atoms with van der Waals surface area (Å²) < 4.78 is 0. The van der Waals surface area contributed by atoms with E-state index in [0.717, 1.165) is 13.1 Å². The van der Waals surface area contributed by atoms with Crippen LogP contribution in [0.25, 0.3) is 0 Å². The minimum atomic E-state index is 0.212. The van der Waals surface area contributed by atoms with Crippen LogP contribution < -0.4 is 10.6 Å². The van der Waals surface area contributed by atoms with Gasteiger partial charge in [-0.3, -0.25) is 4.79 Å². The maximum Gasteiger partial charge on any atom is 0.221 e. The molecule has 94 valence electrons. The lowest BCUT2D eigenvalue weighted by Gasteiger charge is -2.13. The summed E-state index contributed by atoms with van der Waals surface area (Å²) in [5, 5.41) is 6.43. The molecule has 1 unspecified atom stereocenters. The van der Waals surface area contributed by atoms with Gasteiger partial charge in [0.25, 0.3) is 0 Å². The molecule has 1 amide bonds. The van der Waals surface area contributed by atoms with Crippen LogP contribution in [-0.4, -0.2) is 25.0 Å². The zero-order valence-corrected chi connectivity index (χ0v) is 10.7. The summed E-state index contributed by atoms with van der Waals surface area (Å²) in [7, 11) is 0. The predicted octanol–water partition coefficient (Wildman–Crippen LogP) is 2.07. The van der Waals surface area contributed by atoms with E-state index in [4.69, 9.17) is 0 Å². The molecule has 3 heteroatoms. The summed E-state index contributed by atoms with van der Waals surface area (Å²) in [6.45, 7) is 6.25. The zero-order valence-electron chi connectivity index (χ0n) is 10.7. The van der Waals surface area contributed by atoms with Gasteiger partial charge >= 0.3 is 0 Å². The van der Waals surface area contributed by atoms with Gasteiger partial charge in [0, 0.05) is 19.0 Å². The first kappa shape index (κ1) is 13.5. The van der Waals surface area contributed by atoms with Crippen molar-refractivity contribution in [1.29, 1.82) is 0 Å². The van der Waals surface area contributed by atoms with E-state index in [2.05, 4.69) is 24.5 Å². The Labute approximate surface area is 99.4 Å². The smallest absolute Gasteiger partial charge is 0.221 e. The molecular weight excluding hydrogens is 200 g/mol. The summed E-state index contributed by atoms with van der Waals surface area (Å²) >= 11 is 0. The van der Waals surface area contributed by atoms with Crippen molar-refractivity contribution in [3.63, 3.8) is 0 Å². The van der Waals surface area contributed by atoms with Crippen molar-refractivity contribution >= 4 is 5.91 Å². The number of carbonyl (C=O) groups is 1. The maximum atomic E-state index is 11.6. The van der Waals surface area contributed by atoms with Gasteiger partial charge < -0.3 is 10.6 Å².